The minimum absolute atomic E-state index is 0.0528. The van der Waals surface area contributed by atoms with Crippen molar-refractivity contribution in [1.82, 2.24) is 5.32 Å². The van der Waals surface area contributed by atoms with E-state index < -0.39 is 5.91 Å². The number of primary amides is 1. The van der Waals surface area contributed by atoms with Crippen molar-refractivity contribution in [1.29, 1.82) is 0 Å². The Bertz CT molecular complexity index is 606. The molecule has 0 saturated carbocycles. The van der Waals surface area contributed by atoms with Crippen molar-refractivity contribution < 1.29 is 14.0 Å². The van der Waals surface area contributed by atoms with Gasteiger partial charge in [0.15, 0.2) is 0 Å². The third kappa shape index (κ3) is 4.19. The zero-order valence-corrected chi connectivity index (χ0v) is 11.6. The van der Waals surface area contributed by atoms with Crippen molar-refractivity contribution in [3.8, 4) is 0 Å². The van der Waals surface area contributed by atoms with E-state index in [0.29, 0.717) is 11.3 Å². The predicted octanol–water partition coefficient (Wildman–Crippen LogP) is 1.67. The molecule has 4 N–H and O–H groups in total. The van der Waals surface area contributed by atoms with E-state index >= 15 is 0 Å². The summed E-state index contributed by atoms with van der Waals surface area (Å²) in [5.41, 5.74) is 6.16. The number of carbonyl (C=O) groups excluding carboxylic acids is 2. The lowest BCUT2D eigenvalue weighted by Crippen LogP contribution is -2.30. The molecule has 0 radical (unpaired) electrons. The van der Waals surface area contributed by atoms with Gasteiger partial charge < -0.3 is 15.5 Å². The smallest absolute Gasteiger partial charge is 0.248 e. The van der Waals surface area contributed by atoms with Crippen LogP contribution in [0.5, 0.6) is 0 Å². The summed E-state index contributed by atoms with van der Waals surface area (Å²) < 4.78 is 5.24. The molecule has 2 rings (SSSR count). The fourth-order valence-corrected chi connectivity index (χ4v) is 1.81. The number of rotatable bonds is 6. The first-order valence-corrected chi connectivity index (χ1v) is 6.53. The Balaban J connectivity index is 1.83. The van der Waals surface area contributed by atoms with Crippen molar-refractivity contribution in [2.24, 2.45) is 5.73 Å². The molecule has 6 nitrogen and oxygen atoms in total. The average Bonchev–Trinajstić information content (AvgIpc) is 2.99. The number of nitrogens with one attached hydrogen (secondary N) is 2. The fraction of sp³-hybridized carbons (Fsp3) is 0.200. The zero-order valence-electron chi connectivity index (χ0n) is 11.6. The van der Waals surface area contributed by atoms with Gasteiger partial charge in [-0.15, -0.1) is 0 Å². The van der Waals surface area contributed by atoms with Gasteiger partial charge in [-0.05, 0) is 43.3 Å². The van der Waals surface area contributed by atoms with E-state index in [0.717, 1.165) is 5.76 Å². The Kier molecular flexibility index (Phi) is 4.73. The molecule has 0 fully saturated rings. The fourth-order valence-electron chi connectivity index (χ4n) is 1.81. The Morgan fingerprint density at radius 2 is 1.95 bits per heavy atom. The maximum atomic E-state index is 11.8. The summed E-state index contributed by atoms with van der Waals surface area (Å²) in [6.07, 6.45) is 1.59. The molecule has 1 aromatic heterocycles. The lowest BCUT2D eigenvalue weighted by atomic mass is 10.2. The molecule has 1 atom stereocenters. The minimum Gasteiger partial charge on any atom is -0.468 e. The zero-order chi connectivity index (χ0) is 15.2. The van der Waals surface area contributed by atoms with Crippen LogP contribution in [0.25, 0.3) is 0 Å². The van der Waals surface area contributed by atoms with Crippen LogP contribution in [0.2, 0.25) is 0 Å². The molecule has 0 saturated heterocycles. The molecular weight excluding hydrogens is 270 g/mol. The number of anilines is 1. The van der Waals surface area contributed by atoms with Gasteiger partial charge in [0.25, 0.3) is 0 Å². The molecule has 2 amide bonds. The van der Waals surface area contributed by atoms with E-state index in [4.69, 9.17) is 10.2 Å². The number of nitrogens with two attached hydrogens (primary N) is 1. The van der Waals surface area contributed by atoms with Crippen LogP contribution < -0.4 is 16.4 Å². The lowest BCUT2D eigenvalue weighted by molar-refractivity contribution is -0.115. The molecule has 0 aliphatic rings. The molecule has 0 spiro atoms. The molecule has 21 heavy (non-hydrogen) atoms. The van der Waals surface area contributed by atoms with Crippen LogP contribution in [0.3, 0.4) is 0 Å². The van der Waals surface area contributed by atoms with Gasteiger partial charge in [0.05, 0.1) is 18.8 Å². The molecule has 0 unspecified atom stereocenters. The predicted molar refractivity (Wildman–Crippen MR) is 78.7 cm³/mol. The second-order valence-electron chi connectivity index (χ2n) is 4.61. The van der Waals surface area contributed by atoms with Crippen LogP contribution in [-0.2, 0) is 4.79 Å². The highest BCUT2D eigenvalue weighted by atomic mass is 16.3. The van der Waals surface area contributed by atoms with Gasteiger partial charge in [-0.3, -0.25) is 14.9 Å². The molecule has 1 heterocycles. The van der Waals surface area contributed by atoms with Gasteiger partial charge in [0.2, 0.25) is 11.8 Å². The largest absolute Gasteiger partial charge is 0.468 e. The standard InChI is InChI=1S/C15H17N3O3/c1-10(13-3-2-8-21-13)17-9-14(19)18-12-6-4-11(5-7-12)15(16)20/h2-8,10,17H,9H2,1H3,(H2,16,20)(H,18,19)/t10-/m0/s1. The summed E-state index contributed by atoms with van der Waals surface area (Å²) in [6.45, 7) is 2.06. The first-order valence-electron chi connectivity index (χ1n) is 6.53. The Morgan fingerprint density at radius 3 is 2.52 bits per heavy atom. The van der Waals surface area contributed by atoms with E-state index in [2.05, 4.69) is 10.6 Å². The quantitative estimate of drug-likeness (QED) is 0.752. The number of hydrogen-bond donors (Lipinski definition) is 3. The van der Waals surface area contributed by atoms with Gasteiger partial charge in [0, 0.05) is 11.3 Å². The number of hydrogen-bond acceptors (Lipinski definition) is 4. The third-order valence-electron chi connectivity index (χ3n) is 2.99. The maximum Gasteiger partial charge on any atom is 0.248 e. The molecular formula is C15H17N3O3. The minimum atomic E-state index is -0.498. The second-order valence-corrected chi connectivity index (χ2v) is 4.61. The maximum absolute atomic E-state index is 11.8. The highest BCUT2D eigenvalue weighted by Gasteiger charge is 2.10. The SMILES string of the molecule is C[C@H](NCC(=O)Nc1ccc(C(N)=O)cc1)c1ccco1. The molecule has 0 bridgehead atoms. The molecule has 0 aliphatic carbocycles. The Labute approximate surface area is 122 Å². The van der Waals surface area contributed by atoms with Gasteiger partial charge in [0.1, 0.15) is 5.76 Å². The van der Waals surface area contributed by atoms with Gasteiger partial charge in [-0.2, -0.15) is 0 Å². The normalized spacial score (nSPS) is 11.9. The van der Waals surface area contributed by atoms with Gasteiger partial charge in [-0.25, -0.2) is 0 Å². The summed E-state index contributed by atoms with van der Waals surface area (Å²) in [7, 11) is 0. The summed E-state index contributed by atoms with van der Waals surface area (Å²) in [5, 5.41) is 5.78. The van der Waals surface area contributed by atoms with Crippen molar-refractivity contribution in [2.75, 3.05) is 11.9 Å². The lowest BCUT2D eigenvalue weighted by Gasteiger charge is -2.11. The van der Waals surface area contributed by atoms with Crippen LogP contribution in [0, 0.1) is 0 Å². The first-order chi connectivity index (χ1) is 10.1. The highest BCUT2D eigenvalue weighted by Crippen LogP contribution is 2.12. The highest BCUT2D eigenvalue weighted by molar-refractivity contribution is 5.95. The Hall–Kier alpha value is -2.60. The molecule has 1 aromatic carbocycles. The van der Waals surface area contributed by atoms with E-state index in [9.17, 15) is 9.59 Å². The summed E-state index contributed by atoms with van der Waals surface area (Å²) >= 11 is 0. The summed E-state index contributed by atoms with van der Waals surface area (Å²) in [4.78, 5) is 22.7. The van der Waals surface area contributed by atoms with E-state index in [1.807, 2.05) is 13.0 Å². The number of benzene rings is 1. The van der Waals surface area contributed by atoms with Crippen LogP contribution >= 0.6 is 0 Å². The van der Waals surface area contributed by atoms with Crippen LogP contribution in [0.4, 0.5) is 5.69 Å². The van der Waals surface area contributed by atoms with E-state index in [1.165, 1.54) is 0 Å². The monoisotopic (exact) mass is 287 g/mol. The second kappa shape index (κ2) is 6.71. The topological polar surface area (TPSA) is 97.4 Å². The summed E-state index contributed by atoms with van der Waals surface area (Å²) in [5.74, 6) is 0.0932. The van der Waals surface area contributed by atoms with Crippen molar-refractivity contribution in [3.63, 3.8) is 0 Å². The number of amides is 2. The molecule has 0 aliphatic heterocycles. The third-order valence-corrected chi connectivity index (χ3v) is 2.99. The first kappa shape index (κ1) is 14.8. The summed E-state index contributed by atoms with van der Waals surface area (Å²) in [6, 6.07) is 9.99. The van der Waals surface area contributed by atoms with Crippen molar-refractivity contribution in [3.05, 3.63) is 54.0 Å². The van der Waals surface area contributed by atoms with Crippen molar-refractivity contribution in [2.45, 2.75) is 13.0 Å². The molecule has 2 aromatic rings. The number of furan rings is 1. The van der Waals surface area contributed by atoms with Crippen LogP contribution in [0.1, 0.15) is 29.1 Å². The number of carbonyl (C=O) groups is 2. The van der Waals surface area contributed by atoms with Crippen molar-refractivity contribution >= 4 is 17.5 Å². The van der Waals surface area contributed by atoms with Crippen LogP contribution in [-0.4, -0.2) is 18.4 Å². The molecule has 110 valence electrons. The van der Waals surface area contributed by atoms with Gasteiger partial charge in [-0.1, -0.05) is 0 Å². The van der Waals surface area contributed by atoms with E-state index in [1.54, 1.807) is 36.6 Å². The van der Waals surface area contributed by atoms with Gasteiger partial charge >= 0.3 is 0 Å². The van der Waals surface area contributed by atoms with E-state index in [-0.39, 0.29) is 18.5 Å². The molecule has 6 heteroatoms. The van der Waals surface area contributed by atoms with Crippen LogP contribution in [0.15, 0.2) is 47.1 Å². The average molecular weight is 287 g/mol. The Morgan fingerprint density at radius 1 is 1.24 bits per heavy atom.